The summed E-state index contributed by atoms with van der Waals surface area (Å²) in [5, 5.41) is 13.3. The zero-order valence-corrected chi connectivity index (χ0v) is 19.2. The third-order valence-electron chi connectivity index (χ3n) is 7.29. The van der Waals surface area contributed by atoms with Gasteiger partial charge in [-0.05, 0) is 63.9 Å². The molecule has 7 heteroatoms. The van der Waals surface area contributed by atoms with E-state index in [-0.39, 0.29) is 48.2 Å². The number of phenols is 1. The van der Waals surface area contributed by atoms with Crippen LogP contribution in [0.5, 0.6) is 11.5 Å². The molecule has 33 heavy (non-hydrogen) atoms. The van der Waals surface area contributed by atoms with Crippen LogP contribution in [0.15, 0.2) is 42.5 Å². The number of phenolic OH excluding ortho intramolecular Hbond substituents is 1. The number of aromatic hydroxyl groups is 1. The van der Waals surface area contributed by atoms with Gasteiger partial charge in [0.2, 0.25) is 5.91 Å². The first-order valence-corrected chi connectivity index (χ1v) is 11.5. The standard InChI is InChI=1S/C26H30N2O5/c1-15(29)16-7-9-17(10-8-16)27-23(31)14-28-12-11-22-20(28)13-19-24(32-22)18-5-4-6-21(30)25(18)33-26(19,2)3/h4-10,19-20,22,24,30H,11-14H2,1-3H3,(H,27,31)/t19-,20-,22-,24+/m0/s1. The lowest BCUT2D eigenvalue weighted by Gasteiger charge is -2.50. The van der Waals surface area contributed by atoms with Crippen molar-refractivity contribution in [1.82, 2.24) is 4.90 Å². The first kappa shape index (κ1) is 21.9. The summed E-state index contributed by atoms with van der Waals surface area (Å²) >= 11 is 0. The lowest BCUT2D eigenvalue weighted by Crippen LogP contribution is -2.54. The van der Waals surface area contributed by atoms with Crippen LogP contribution in [-0.2, 0) is 9.53 Å². The Kier molecular flexibility index (Phi) is 5.41. The van der Waals surface area contributed by atoms with Gasteiger partial charge in [-0.3, -0.25) is 14.5 Å². The van der Waals surface area contributed by atoms with Crippen molar-refractivity contribution in [2.45, 2.75) is 57.5 Å². The zero-order valence-electron chi connectivity index (χ0n) is 19.2. The van der Waals surface area contributed by atoms with E-state index in [2.05, 4.69) is 10.2 Å². The smallest absolute Gasteiger partial charge is 0.238 e. The summed E-state index contributed by atoms with van der Waals surface area (Å²) in [6.07, 6.45) is 1.63. The number of fused-ring (bicyclic) bond motifs is 4. The molecule has 2 aromatic rings. The highest BCUT2D eigenvalue weighted by atomic mass is 16.5. The van der Waals surface area contributed by atoms with Crippen molar-refractivity contribution in [2.75, 3.05) is 18.4 Å². The van der Waals surface area contributed by atoms with Crippen molar-refractivity contribution in [1.29, 1.82) is 0 Å². The Labute approximate surface area is 193 Å². The van der Waals surface area contributed by atoms with Crippen molar-refractivity contribution in [3.63, 3.8) is 0 Å². The monoisotopic (exact) mass is 450 g/mol. The summed E-state index contributed by atoms with van der Waals surface area (Å²) < 4.78 is 12.8. The Balaban J connectivity index is 1.28. The molecule has 0 radical (unpaired) electrons. The van der Waals surface area contributed by atoms with Crippen LogP contribution in [0.3, 0.4) is 0 Å². The second kappa shape index (κ2) is 8.15. The summed E-state index contributed by atoms with van der Waals surface area (Å²) in [6.45, 7) is 6.68. The van der Waals surface area contributed by atoms with E-state index >= 15 is 0 Å². The van der Waals surface area contributed by atoms with Crippen LogP contribution in [0, 0.1) is 5.92 Å². The Bertz CT molecular complexity index is 1080. The first-order valence-electron chi connectivity index (χ1n) is 11.5. The summed E-state index contributed by atoms with van der Waals surface area (Å²) in [5.41, 5.74) is 1.70. The van der Waals surface area contributed by atoms with Gasteiger partial charge in [0.05, 0.1) is 18.8 Å². The van der Waals surface area contributed by atoms with E-state index in [0.29, 0.717) is 17.0 Å². The number of amides is 1. The van der Waals surface area contributed by atoms with Crippen molar-refractivity contribution in [3.05, 3.63) is 53.6 Å². The van der Waals surface area contributed by atoms with Crippen LogP contribution in [0.1, 0.15) is 55.6 Å². The second-order valence-electron chi connectivity index (χ2n) is 9.85. The van der Waals surface area contributed by atoms with Crippen LogP contribution in [0.2, 0.25) is 0 Å². The van der Waals surface area contributed by atoms with Gasteiger partial charge in [0.1, 0.15) is 5.60 Å². The minimum Gasteiger partial charge on any atom is -0.504 e. The molecule has 0 saturated carbocycles. The number of hydrogen-bond acceptors (Lipinski definition) is 6. The third-order valence-corrected chi connectivity index (χ3v) is 7.29. The summed E-state index contributed by atoms with van der Waals surface area (Å²) in [4.78, 5) is 26.4. The fraction of sp³-hybridized carbons (Fsp3) is 0.462. The highest BCUT2D eigenvalue weighted by Gasteiger charge is 2.53. The molecular formula is C26H30N2O5. The zero-order chi connectivity index (χ0) is 23.3. The maximum absolute atomic E-state index is 12.8. The molecule has 2 fully saturated rings. The average Bonchev–Trinajstić information content (AvgIpc) is 3.15. The number of nitrogens with zero attached hydrogens (tertiary/aromatic N) is 1. The SMILES string of the molecule is CC(=O)c1ccc(NC(=O)CN2CC[C@@H]3O[C@@H]4c5cccc(O)c5OC(C)(C)[C@H]4C[C@@H]32)cc1. The highest BCUT2D eigenvalue weighted by molar-refractivity contribution is 5.96. The predicted molar refractivity (Wildman–Crippen MR) is 124 cm³/mol. The maximum atomic E-state index is 12.8. The molecule has 2 N–H and O–H groups in total. The Morgan fingerprint density at radius 3 is 2.67 bits per heavy atom. The molecule has 0 spiro atoms. The molecule has 7 nitrogen and oxygen atoms in total. The van der Waals surface area contributed by atoms with Crippen molar-refractivity contribution in [3.8, 4) is 11.5 Å². The number of hydrogen-bond donors (Lipinski definition) is 2. The van der Waals surface area contributed by atoms with E-state index in [0.717, 1.165) is 24.9 Å². The number of para-hydroxylation sites is 1. The molecule has 3 aliphatic heterocycles. The molecule has 5 rings (SSSR count). The van der Waals surface area contributed by atoms with Gasteiger partial charge in [-0.15, -0.1) is 0 Å². The van der Waals surface area contributed by atoms with Gasteiger partial charge in [-0.25, -0.2) is 0 Å². The first-order chi connectivity index (χ1) is 15.7. The fourth-order valence-corrected chi connectivity index (χ4v) is 5.54. The Morgan fingerprint density at radius 2 is 1.94 bits per heavy atom. The Morgan fingerprint density at radius 1 is 1.18 bits per heavy atom. The molecule has 2 aromatic carbocycles. The highest BCUT2D eigenvalue weighted by Crippen LogP contribution is 2.54. The predicted octanol–water partition coefficient (Wildman–Crippen LogP) is 3.93. The van der Waals surface area contributed by atoms with Crippen LogP contribution in [0.4, 0.5) is 5.69 Å². The van der Waals surface area contributed by atoms with Gasteiger partial charge in [-0.2, -0.15) is 0 Å². The minimum atomic E-state index is -0.504. The number of anilines is 1. The Hall–Kier alpha value is -2.90. The van der Waals surface area contributed by atoms with Gasteiger partial charge >= 0.3 is 0 Å². The number of Topliss-reactive ketones (excluding diaryl/α,β-unsaturated/α-hetero) is 1. The molecule has 0 aliphatic carbocycles. The van der Waals surface area contributed by atoms with Crippen molar-refractivity contribution < 1.29 is 24.2 Å². The fourth-order valence-electron chi connectivity index (χ4n) is 5.54. The third kappa shape index (κ3) is 4.00. The topological polar surface area (TPSA) is 88.1 Å². The van der Waals surface area contributed by atoms with Gasteiger partial charge in [-0.1, -0.05) is 12.1 Å². The van der Waals surface area contributed by atoms with Crippen molar-refractivity contribution in [2.24, 2.45) is 5.92 Å². The molecule has 4 atom stereocenters. The van der Waals surface area contributed by atoms with Gasteiger partial charge in [0.15, 0.2) is 17.3 Å². The van der Waals surface area contributed by atoms with Crippen LogP contribution < -0.4 is 10.1 Å². The van der Waals surface area contributed by atoms with E-state index < -0.39 is 5.60 Å². The molecule has 0 aromatic heterocycles. The molecule has 3 aliphatic rings. The van der Waals surface area contributed by atoms with Gasteiger partial charge in [0, 0.05) is 35.3 Å². The molecular weight excluding hydrogens is 420 g/mol. The molecule has 174 valence electrons. The average molecular weight is 451 g/mol. The second-order valence-corrected chi connectivity index (χ2v) is 9.85. The number of carbonyl (C=O) groups is 2. The molecule has 3 heterocycles. The van der Waals surface area contributed by atoms with Crippen LogP contribution >= 0.6 is 0 Å². The van der Waals surface area contributed by atoms with Crippen LogP contribution in [0.25, 0.3) is 0 Å². The van der Waals surface area contributed by atoms with E-state index in [9.17, 15) is 14.7 Å². The summed E-state index contributed by atoms with van der Waals surface area (Å²) in [7, 11) is 0. The number of benzene rings is 2. The molecule has 0 unspecified atom stereocenters. The van der Waals surface area contributed by atoms with E-state index in [1.165, 1.54) is 6.92 Å². The number of carbonyl (C=O) groups excluding carboxylic acids is 2. The largest absolute Gasteiger partial charge is 0.504 e. The van der Waals surface area contributed by atoms with Gasteiger partial charge in [0.25, 0.3) is 0 Å². The van der Waals surface area contributed by atoms with E-state index in [4.69, 9.17) is 9.47 Å². The summed E-state index contributed by atoms with van der Waals surface area (Å²) in [6, 6.07) is 12.5. The lowest BCUT2D eigenvalue weighted by molar-refractivity contribution is -0.162. The summed E-state index contributed by atoms with van der Waals surface area (Å²) in [5.74, 6) is 0.690. The number of ketones is 1. The maximum Gasteiger partial charge on any atom is 0.238 e. The molecule has 0 bridgehead atoms. The number of nitrogens with one attached hydrogen (secondary N) is 1. The minimum absolute atomic E-state index is 0.000889. The normalized spacial score (nSPS) is 27.6. The quantitative estimate of drug-likeness (QED) is 0.687. The number of ether oxygens (including phenoxy) is 2. The molecule has 1 amide bonds. The van der Waals surface area contributed by atoms with Gasteiger partial charge < -0.3 is 19.9 Å². The van der Waals surface area contributed by atoms with Crippen molar-refractivity contribution >= 4 is 17.4 Å². The van der Waals surface area contributed by atoms with E-state index in [1.54, 1.807) is 30.3 Å². The lowest BCUT2D eigenvalue weighted by atomic mass is 9.74. The van der Waals surface area contributed by atoms with Crippen LogP contribution in [-0.4, -0.2) is 52.5 Å². The number of rotatable bonds is 4. The van der Waals surface area contributed by atoms with E-state index in [1.807, 2.05) is 26.0 Å². The molecule has 2 saturated heterocycles. The number of likely N-dealkylation sites (tertiary alicyclic amines) is 1.